The summed E-state index contributed by atoms with van der Waals surface area (Å²) in [5.74, 6) is -0.132. The Balaban J connectivity index is 2.09. The summed E-state index contributed by atoms with van der Waals surface area (Å²) >= 11 is 1.54. The predicted molar refractivity (Wildman–Crippen MR) is 79.5 cm³/mol. The lowest BCUT2D eigenvalue weighted by Crippen LogP contribution is -1.98. The second-order valence-electron chi connectivity index (χ2n) is 4.04. The highest BCUT2D eigenvalue weighted by Gasteiger charge is 2.09. The van der Waals surface area contributed by atoms with Crippen LogP contribution >= 0.6 is 11.8 Å². The van der Waals surface area contributed by atoms with Gasteiger partial charge in [-0.05, 0) is 23.3 Å². The van der Waals surface area contributed by atoms with E-state index in [0.29, 0.717) is 5.56 Å². The molecule has 0 bridgehead atoms. The van der Waals surface area contributed by atoms with E-state index in [0.717, 1.165) is 21.8 Å². The van der Waals surface area contributed by atoms with Crippen molar-refractivity contribution < 1.29 is 9.90 Å². The Hall–Kier alpha value is -2.00. The predicted octanol–water partition coefficient (Wildman–Crippen LogP) is 4.32. The lowest BCUT2D eigenvalue weighted by molar-refractivity contribution is 0.0693. The molecule has 3 heteroatoms. The number of benzene rings is 2. The van der Waals surface area contributed by atoms with Crippen molar-refractivity contribution in [2.75, 3.05) is 0 Å². The third-order valence-electron chi connectivity index (χ3n) is 2.73. The van der Waals surface area contributed by atoms with Crippen molar-refractivity contribution in [2.45, 2.75) is 10.6 Å². The minimum absolute atomic E-state index is 0.357. The fourth-order valence-electron chi connectivity index (χ4n) is 1.68. The molecule has 2 rings (SSSR count). The van der Waals surface area contributed by atoms with E-state index >= 15 is 0 Å². The fraction of sp³-hybridized carbons (Fsp3) is 0.0625. The maximum Gasteiger partial charge on any atom is 0.336 e. The van der Waals surface area contributed by atoms with Gasteiger partial charge in [0.1, 0.15) is 0 Å². The highest BCUT2D eigenvalue weighted by molar-refractivity contribution is 7.98. The molecule has 0 unspecified atom stereocenters. The van der Waals surface area contributed by atoms with Gasteiger partial charge in [0.05, 0.1) is 5.56 Å². The van der Waals surface area contributed by atoms with Crippen LogP contribution in [0, 0.1) is 0 Å². The molecule has 0 aliphatic rings. The van der Waals surface area contributed by atoms with Crippen molar-refractivity contribution in [3.8, 4) is 0 Å². The van der Waals surface area contributed by atoms with Crippen LogP contribution in [0.1, 0.15) is 21.5 Å². The number of rotatable bonds is 5. The highest BCUT2D eigenvalue weighted by Crippen LogP contribution is 2.26. The van der Waals surface area contributed by atoms with Gasteiger partial charge in [-0.2, -0.15) is 0 Å². The Morgan fingerprint density at radius 2 is 1.84 bits per heavy atom. The SMILES string of the molecule is C=Cc1ccc(CSc2ccccc2C(=O)O)cc1. The summed E-state index contributed by atoms with van der Waals surface area (Å²) in [7, 11) is 0. The molecular formula is C16H14O2S. The number of carbonyl (C=O) groups is 1. The number of hydrogen-bond acceptors (Lipinski definition) is 2. The van der Waals surface area contributed by atoms with E-state index in [4.69, 9.17) is 5.11 Å². The van der Waals surface area contributed by atoms with Crippen molar-refractivity contribution in [3.05, 3.63) is 71.8 Å². The molecule has 19 heavy (non-hydrogen) atoms. The van der Waals surface area contributed by atoms with Crippen LogP contribution in [0.5, 0.6) is 0 Å². The average molecular weight is 270 g/mol. The van der Waals surface area contributed by atoms with Crippen LogP contribution in [-0.2, 0) is 5.75 Å². The molecule has 1 N–H and O–H groups in total. The normalized spacial score (nSPS) is 10.1. The Morgan fingerprint density at radius 3 is 2.47 bits per heavy atom. The van der Waals surface area contributed by atoms with E-state index in [2.05, 4.69) is 6.58 Å². The van der Waals surface area contributed by atoms with E-state index < -0.39 is 5.97 Å². The Morgan fingerprint density at radius 1 is 1.16 bits per heavy atom. The minimum Gasteiger partial charge on any atom is -0.478 e. The summed E-state index contributed by atoms with van der Waals surface area (Å²) in [6.45, 7) is 3.71. The zero-order valence-electron chi connectivity index (χ0n) is 10.4. The molecule has 0 aliphatic heterocycles. The Kier molecular flexibility index (Phi) is 4.42. The molecular weight excluding hydrogens is 256 g/mol. The smallest absolute Gasteiger partial charge is 0.336 e. The van der Waals surface area contributed by atoms with Crippen LogP contribution in [0.25, 0.3) is 6.08 Å². The van der Waals surface area contributed by atoms with Gasteiger partial charge in [0.15, 0.2) is 0 Å². The van der Waals surface area contributed by atoms with E-state index in [1.165, 1.54) is 11.8 Å². The van der Waals surface area contributed by atoms with Crippen molar-refractivity contribution in [1.82, 2.24) is 0 Å². The van der Waals surface area contributed by atoms with Crippen LogP contribution in [0.2, 0.25) is 0 Å². The molecule has 0 radical (unpaired) electrons. The summed E-state index contributed by atoms with van der Waals surface area (Å²) in [5.41, 5.74) is 2.60. The molecule has 2 aromatic rings. The van der Waals surface area contributed by atoms with Gasteiger partial charge in [0.2, 0.25) is 0 Å². The van der Waals surface area contributed by atoms with Crippen LogP contribution in [0.4, 0.5) is 0 Å². The second kappa shape index (κ2) is 6.25. The standard InChI is InChI=1S/C16H14O2S/c1-2-12-7-9-13(10-8-12)11-19-15-6-4-3-5-14(15)16(17)18/h2-10H,1,11H2,(H,17,18). The lowest BCUT2D eigenvalue weighted by atomic mass is 10.1. The number of carboxylic acids is 1. The van der Waals surface area contributed by atoms with Gasteiger partial charge in [-0.25, -0.2) is 4.79 Å². The third kappa shape index (κ3) is 3.48. The third-order valence-corrected chi connectivity index (χ3v) is 3.87. The van der Waals surface area contributed by atoms with E-state index in [1.54, 1.807) is 18.2 Å². The van der Waals surface area contributed by atoms with Crippen LogP contribution in [0.15, 0.2) is 60.0 Å². The number of carboxylic acid groups (broad SMARTS) is 1. The summed E-state index contributed by atoms with van der Waals surface area (Å²) in [4.78, 5) is 11.9. The van der Waals surface area contributed by atoms with Gasteiger partial charge in [0.25, 0.3) is 0 Å². The lowest BCUT2D eigenvalue weighted by Gasteiger charge is -2.06. The van der Waals surface area contributed by atoms with Crippen molar-refractivity contribution in [2.24, 2.45) is 0 Å². The summed E-state index contributed by atoms with van der Waals surface area (Å²) < 4.78 is 0. The van der Waals surface area contributed by atoms with Gasteiger partial charge in [-0.1, -0.05) is 49.1 Å². The molecule has 0 saturated heterocycles. The molecule has 2 nitrogen and oxygen atoms in total. The van der Waals surface area contributed by atoms with Crippen molar-refractivity contribution in [3.63, 3.8) is 0 Å². The molecule has 0 spiro atoms. The van der Waals surface area contributed by atoms with Crippen molar-refractivity contribution >= 4 is 23.8 Å². The van der Waals surface area contributed by atoms with Gasteiger partial charge < -0.3 is 5.11 Å². The molecule has 0 atom stereocenters. The second-order valence-corrected chi connectivity index (χ2v) is 5.05. The molecule has 96 valence electrons. The first-order valence-electron chi connectivity index (χ1n) is 5.87. The van der Waals surface area contributed by atoms with Gasteiger partial charge in [0, 0.05) is 10.6 Å². The minimum atomic E-state index is -0.884. The first-order valence-corrected chi connectivity index (χ1v) is 6.86. The van der Waals surface area contributed by atoms with Crippen LogP contribution in [0.3, 0.4) is 0 Å². The quantitative estimate of drug-likeness (QED) is 0.822. The van der Waals surface area contributed by atoms with Gasteiger partial charge in [-0.3, -0.25) is 0 Å². The Bertz CT molecular complexity index is 588. The first-order chi connectivity index (χ1) is 9.20. The molecule has 0 heterocycles. The Labute approximate surface area is 116 Å². The zero-order valence-corrected chi connectivity index (χ0v) is 11.2. The maximum atomic E-state index is 11.1. The monoisotopic (exact) mass is 270 g/mol. The average Bonchev–Trinajstić information content (AvgIpc) is 2.46. The van der Waals surface area contributed by atoms with Gasteiger partial charge >= 0.3 is 5.97 Å². The van der Waals surface area contributed by atoms with E-state index in [1.807, 2.05) is 36.4 Å². The molecule has 2 aromatic carbocycles. The van der Waals surface area contributed by atoms with Crippen molar-refractivity contribution in [1.29, 1.82) is 0 Å². The largest absolute Gasteiger partial charge is 0.478 e. The number of hydrogen-bond donors (Lipinski definition) is 1. The molecule has 0 aliphatic carbocycles. The summed E-state index contributed by atoms with van der Waals surface area (Å²) in [6.07, 6.45) is 1.80. The molecule has 0 fully saturated rings. The summed E-state index contributed by atoms with van der Waals surface area (Å²) in [5, 5.41) is 9.11. The molecule has 0 amide bonds. The van der Waals surface area contributed by atoms with Crippen LogP contribution < -0.4 is 0 Å². The maximum absolute atomic E-state index is 11.1. The topological polar surface area (TPSA) is 37.3 Å². The highest BCUT2D eigenvalue weighted by atomic mass is 32.2. The van der Waals surface area contributed by atoms with E-state index in [-0.39, 0.29) is 0 Å². The van der Waals surface area contributed by atoms with Crippen LogP contribution in [-0.4, -0.2) is 11.1 Å². The van der Waals surface area contributed by atoms with E-state index in [9.17, 15) is 4.79 Å². The first kappa shape index (κ1) is 13.4. The fourth-order valence-corrected chi connectivity index (χ4v) is 2.68. The summed E-state index contributed by atoms with van der Waals surface area (Å²) in [6, 6.07) is 15.2. The molecule has 0 saturated carbocycles. The zero-order chi connectivity index (χ0) is 13.7. The molecule has 0 aromatic heterocycles. The van der Waals surface area contributed by atoms with Gasteiger partial charge in [-0.15, -0.1) is 11.8 Å². The number of aromatic carboxylic acids is 1. The number of thioether (sulfide) groups is 1.